The molecular formula is C11H22O4. The summed E-state index contributed by atoms with van der Waals surface area (Å²) in [5.74, 6) is -0.271. The van der Waals surface area contributed by atoms with E-state index in [1.54, 1.807) is 6.92 Å². The Labute approximate surface area is 90.9 Å². The highest BCUT2D eigenvalue weighted by molar-refractivity contribution is 4.97. The van der Waals surface area contributed by atoms with E-state index in [0.717, 1.165) is 12.8 Å². The normalized spacial score (nSPS) is 46.8. The lowest BCUT2D eigenvalue weighted by atomic mass is 9.78. The molecule has 5 atom stereocenters. The van der Waals surface area contributed by atoms with E-state index in [9.17, 15) is 10.2 Å². The predicted molar refractivity (Wildman–Crippen MR) is 56.4 cm³/mol. The Hall–Kier alpha value is -0.160. The summed E-state index contributed by atoms with van der Waals surface area (Å²) in [6, 6.07) is 0. The number of aliphatic hydroxyl groups excluding tert-OH is 3. The van der Waals surface area contributed by atoms with Crippen molar-refractivity contribution in [3.63, 3.8) is 0 Å². The summed E-state index contributed by atoms with van der Waals surface area (Å²) in [6.07, 6.45) is -0.443. The molecule has 1 aliphatic rings. The van der Waals surface area contributed by atoms with E-state index in [1.807, 2.05) is 13.8 Å². The molecule has 1 fully saturated rings. The zero-order valence-corrected chi connectivity index (χ0v) is 9.68. The van der Waals surface area contributed by atoms with Crippen LogP contribution in [0.2, 0.25) is 0 Å². The molecule has 5 unspecified atom stereocenters. The Morgan fingerprint density at radius 2 is 1.93 bits per heavy atom. The Kier molecular flexibility index (Phi) is 4.12. The summed E-state index contributed by atoms with van der Waals surface area (Å²) < 4.78 is 5.61. The summed E-state index contributed by atoms with van der Waals surface area (Å²) in [5, 5.41) is 28.9. The second kappa shape index (κ2) is 4.78. The Morgan fingerprint density at radius 1 is 1.33 bits per heavy atom. The second-order valence-corrected chi connectivity index (χ2v) is 4.70. The summed E-state index contributed by atoms with van der Waals surface area (Å²) in [6.45, 7) is 5.43. The van der Waals surface area contributed by atoms with Crippen LogP contribution in [0.1, 0.15) is 33.6 Å². The first-order valence-electron chi connectivity index (χ1n) is 5.61. The quantitative estimate of drug-likeness (QED) is 0.637. The van der Waals surface area contributed by atoms with Crippen molar-refractivity contribution in [3.8, 4) is 0 Å². The van der Waals surface area contributed by atoms with Gasteiger partial charge >= 0.3 is 0 Å². The molecule has 0 saturated carbocycles. The molecule has 3 N–H and O–H groups in total. The molecule has 0 aromatic heterocycles. The minimum absolute atomic E-state index is 0.211. The van der Waals surface area contributed by atoms with Crippen LogP contribution < -0.4 is 0 Å². The van der Waals surface area contributed by atoms with Crippen molar-refractivity contribution < 1.29 is 20.1 Å². The average Bonchev–Trinajstić information content (AvgIpc) is 2.21. The van der Waals surface area contributed by atoms with E-state index in [1.165, 1.54) is 0 Å². The fourth-order valence-corrected chi connectivity index (χ4v) is 2.42. The lowest BCUT2D eigenvalue weighted by Gasteiger charge is -2.48. The Bertz CT molecular complexity index is 207. The van der Waals surface area contributed by atoms with Crippen LogP contribution in [0.25, 0.3) is 0 Å². The second-order valence-electron chi connectivity index (χ2n) is 4.70. The van der Waals surface area contributed by atoms with Gasteiger partial charge in [-0.2, -0.15) is 0 Å². The predicted octanol–water partition coefficient (Wildman–Crippen LogP) is 0.294. The number of aliphatic hydroxyl groups is 3. The van der Waals surface area contributed by atoms with Crippen LogP contribution >= 0.6 is 0 Å². The van der Waals surface area contributed by atoms with Gasteiger partial charge in [0, 0.05) is 5.92 Å². The van der Waals surface area contributed by atoms with E-state index in [-0.39, 0.29) is 12.5 Å². The summed E-state index contributed by atoms with van der Waals surface area (Å²) in [4.78, 5) is 0. The van der Waals surface area contributed by atoms with Crippen molar-refractivity contribution in [3.05, 3.63) is 0 Å². The van der Waals surface area contributed by atoms with Gasteiger partial charge in [0.2, 0.25) is 0 Å². The maximum atomic E-state index is 10.0. The van der Waals surface area contributed by atoms with Gasteiger partial charge in [-0.1, -0.05) is 20.3 Å². The third-order valence-corrected chi connectivity index (χ3v) is 3.39. The first-order valence-corrected chi connectivity index (χ1v) is 5.61. The molecule has 90 valence electrons. The fraction of sp³-hybridized carbons (Fsp3) is 1.00. The zero-order valence-electron chi connectivity index (χ0n) is 9.68. The summed E-state index contributed by atoms with van der Waals surface area (Å²) in [7, 11) is 0. The van der Waals surface area contributed by atoms with Crippen molar-refractivity contribution >= 4 is 0 Å². The number of hydrogen-bond donors (Lipinski definition) is 3. The maximum absolute atomic E-state index is 10.0. The van der Waals surface area contributed by atoms with E-state index in [2.05, 4.69) is 0 Å². The molecule has 4 heteroatoms. The van der Waals surface area contributed by atoms with Crippen LogP contribution in [0.15, 0.2) is 0 Å². The maximum Gasteiger partial charge on any atom is 0.108 e. The number of hydrogen-bond acceptors (Lipinski definition) is 4. The molecule has 1 saturated heterocycles. The Balaban J connectivity index is 2.82. The van der Waals surface area contributed by atoms with E-state index < -0.39 is 23.9 Å². The third-order valence-electron chi connectivity index (χ3n) is 3.39. The monoisotopic (exact) mass is 218 g/mol. The minimum atomic E-state index is -0.796. The van der Waals surface area contributed by atoms with Crippen LogP contribution in [0, 0.1) is 5.92 Å². The van der Waals surface area contributed by atoms with Crippen LogP contribution in [-0.4, -0.2) is 45.8 Å². The smallest absolute Gasteiger partial charge is 0.108 e. The molecule has 0 aliphatic carbocycles. The summed E-state index contributed by atoms with van der Waals surface area (Å²) in [5.41, 5.74) is -0.652. The standard InChI is InChI=1S/C11H22O4/c1-4-5-11(3)10(14)7(2)9(13)8(6-12)15-11/h7-10,12-14H,4-6H2,1-3H3. The topological polar surface area (TPSA) is 69.9 Å². The highest BCUT2D eigenvalue weighted by atomic mass is 16.5. The SMILES string of the molecule is CCCC1(C)OC(CO)C(O)C(C)C1O. The van der Waals surface area contributed by atoms with Crippen LogP contribution in [0.3, 0.4) is 0 Å². The van der Waals surface area contributed by atoms with Crippen LogP contribution in [0.4, 0.5) is 0 Å². The van der Waals surface area contributed by atoms with Gasteiger partial charge in [-0.05, 0) is 13.3 Å². The number of ether oxygens (including phenoxy) is 1. The zero-order chi connectivity index (χ0) is 11.6. The highest BCUT2D eigenvalue weighted by Gasteiger charge is 2.48. The fourth-order valence-electron chi connectivity index (χ4n) is 2.42. The molecule has 15 heavy (non-hydrogen) atoms. The van der Waals surface area contributed by atoms with Crippen LogP contribution in [0.5, 0.6) is 0 Å². The Morgan fingerprint density at radius 3 is 2.40 bits per heavy atom. The molecule has 0 spiro atoms. The molecule has 0 amide bonds. The molecule has 0 radical (unpaired) electrons. The van der Waals surface area contributed by atoms with Gasteiger partial charge in [-0.25, -0.2) is 0 Å². The van der Waals surface area contributed by atoms with Gasteiger partial charge in [0.15, 0.2) is 0 Å². The first kappa shape index (κ1) is 12.9. The van der Waals surface area contributed by atoms with Crippen molar-refractivity contribution in [2.45, 2.75) is 57.5 Å². The van der Waals surface area contributed by atoms with E-state index in [4.69, 9.17) is 9.84 Å². The molecule has 1 heterocycles. The van der Waals surface area contributed by atoms with Gasteiger partial charge in [-0.3, -0.25) is 0 Å². The van der Waals surface area contributed by atoms with Crippen LogP contribution in [-0.2, 0) is 4.74 Å². The van der Waals surface area contributed by atoms with Gasteiger partial charge < -0.3 is 20.1 Å². The van der Waals surface area contributed by atoms with Crippen molar-refractivity contribution in [1.82, 2.24) is 0 Å². The largest absolute Gasteiger partial charge is 0.394 e. The van der Waals surface area contributed by atoms with Gasteiger partial charge in [0.25, 0.3) is 0 Å². The van der Waals surface area contributed by atoms with E-state index in [0.29, 0.717) is 0 Å². The lowest BCUT2D eigenvalue weighted by molar-refractivity contribution is -0.251. The molecular weight excluding hydrogens is 196 g/mol. The minimum Gasteiger partial charge on any atom is -0.394 e. The molecule has 1 aliphatic heterocycles. The number of rotatable bonds is 3. The van der Waals surface area contributed by atoms with Crippen molar-refractivity contribution in [1.29, 1.82) is 0 Å². The van der Waals surface area contributed by atoms with Crippen molar-refractivity contribution in [2.75, 3.05) is 6.61 Å². The molecule has 4 nitrogen and oxygen atoms in total. The first-order chi connectivity index (χ1) is 6.96. The molecule has 0 aromatic rings. The lowest BCUT2D eigenvalue weighted by Crippen LogP contribution is -2.60. The molecule has 0 bridgehead atoms. The van der Waals surface area contributed by atoms with Gasteiger partial charge in [0.1, 0.15) is 6.10 Å². The van der Waals surface area contributed by atoms with Gasteiger partial charge in [-0.15, -0.1) is 0 Å². The molecule has 1 rings (SSSR count). The summed E-state index contributed by atoms with van der Waals surface area (Å²) >= 11 is 0. The third kappa shape index (κ3) is 2.33. The van der Waals surface area contributed by atoms with E-state index >= 15 is 0 Å². The highest BCUT2D eigenvalue weighted by Crippen LogP contribution is 2.36. The van der Waals surface area contributed by atoms with Crippen molar-refractivity contribution in [2.24, 2.45) is 5.92 Å². The molecule has 0 aromatic carbocycles. The average molecular weight is 218 g/mol. The van der Waals surface area contributed by atoms with Gasteiger partial charge in [0.05, 0.1) is 24.4 Å².